The van der Waals surface area contributed by atoms with Crippen LogP contribution >= 0.6 is 11.8 Å². The highest BCUT2D eigenvalue weighted by Crippen LogP contribution is 2.63. The average Bonchev–Trinajstić information content (AvgIpc) is 3.32. The van der Waals surface area contributed by atoms with Crippen molar-refractivity contribution in [2.75, 3.05) is 26.2 Å². The molecule has 0 aromatic heterocycles. The summed E-state index contributed by atoms with van der Waals surface area (Å²) in [5.74, 6) is -3.64. The molecule has 0 radical (unpaired) electrons. The van der Waals surface area contributed by atoms with Gasteiger partial charge in [0.15, 0.2) is 5.54 Å². The smallest absolute Gasteiger partial charge is 0.408 e. The standard InChI is InChI=1S/C20H31FN2O7S/c1-19(2,3)30-18(27)22-11(7-8-31-6)15(24)23-20(17(26)29-5)12(21)9-10-13(14(10)20)16(25)28-4/h10-14H,7-9H2,1-6H3,(H,22,27)(H,23,24)/t10-,11-,12-,13-,14-,20-/m0/s1. The minimum atomic E-state index is -2.01. The minimum Gasteiger partial charge on any atom is -0.469 e. The second-order valence-corrected chi connectivity index (χ2v) is 9.76. The number of esters is 2. The number of alkyl halides is 1. The zero-order chi connectivity index (χ0) is 23.6. The van der Waals surface area contributed by atoms with E-state index in [0.29, 0.717) is 5.75 Å². The molecule has 0 saturated heterocycles. The number of ether oxygens (including phenoxy) is 3. The summed E-state index contributed by atoms with van der Waals surface area (Å²) in [6, 6.07) is -1.06. The summed E-state index contributed by atoms with van der Waals surface area (Å²) < 4.78 is 29.9. The molecule has 2 saturated carbocycles. The van der Waals surface area contributed by atoms with Gasteiger partial charge < -0.3 is 24.8 Å². The molecule has 0 aromatic rings. The maximum absolute atomic E-state index is 15.1. The molecular weight excluding hydrogens is 431 g/mol. The number of fused-ring (bicyclic) bond motifs is 1. The van der Waals surface area contributed by atoms with E-state index in [1.165, 1.54) is 18.9 Å². The Labute approximate surface area is 185 Å². The second-order valence-electron chi connectivity index (χ2n) is 8.77. The lowest BCUT2D eigenvalue weighted by Crippen LogP contribution is -2.65. The number of methoxy groups -OCH3 is 2. The number of thioether (sulfide) groups is 1. The van der Waals surface area contributed by atoms with Crippen molar-refractivity contribution >= 4 is 35.7 Å². The van der Waals surface area contributed by atoms with Crippen molar-refractivity contribution in [1.82, 2.24) is 10.6 Å². The highest BCUT2D eigenvalue weighted by Gasteiger charge is 2.77. The van der Waals surface area contributed by atoms with Gasteiger partial charge in [0.25, 0.3) is 0 Å². The summed E-state index contributed by atoms with van der Waals surface area (Å²) in [6.45, 7) is 5.05. The Morgan fingerprint density at radius 2 is 1.84 bits per heavy atom. The maximum Gasteiger partial charge on any atom is 0.408 e. The Morgan fingerprint density at radius 1 is 1.19 bits per heavy atom. The minimum absolute atomic E-state index is 0.0746. The quantitative estimate of drug-likeness (QED) is 0.411. The molecule has 0 aliphatic heterocycles. The third-order valence-corrected chi connectivity index (χ3v) is 6.26. The van der Waals surface area contributed by atoms with Crippen molar-refractivity contribution in [1.29, 1.82) is 0 Å². The van der Waals surface area contributed by atoms with E-state index in [0.717, 1.165) is 7.11 Å². The molecule has 0 heterocycles. The van der Waals surface area contributed by atoms with E-state index in [4.69, 9.17) is 14.2 Å². The van der Waals surface area contributed by atoms with Gasteiger partial charge in [-0.3, -0.25) is 9.59 Å². The zero-order valence-electron chi connectivity index (χ0n) is 18.7. The first-order chi connectivity index (χ1) is 14.4. The number of rotatable bonds is 8. The molecule has 6 atom stereocenters. The van der Waals surface area contributed by atoms with Crippen LogP contribution < -0.4 is 10.6 Å². The van der Waals surface area contributed by atoms with E-state index in [2.05, 4.69) is 10.6 Å². The van der Waals surface area contributed by atoms with Crippen LogP contribution in [0.15, 0.2) is 0 Å². The van der Waals surface area contributed by atoms with Gasteiger partial charge in [0.2, 0.25) is 5.91 Å². The van der Waals surface area contributed by atoms with Gasteiger partial charge in [-0.1, -0.05) is 0 Å². The van der Waals surface area contributed by atoms with Crippen LogP contribution in [0.2, 0.25) is 0 Å². The number of nitrogens with one attached hydrogen (secondary N) is 2. The van der Waals surface area contributed by atoms with Gasteiger partial charge in [-0.25, -0.2) is 14.0 Å². The van der Waals surface area contributed by atoms with Crippen LogP contribution in [0.4, 0.5) is 9.18 Å². The SMILES string of the molecule is COC(=O)[C@H]1[C@@H]2C[C@H](F)[C@@](NC(=O)[C@H](CCSC)NC(=O)OC(C)(C)C)(C(=O)OC)[C@@H]21. The van der Waals surface area contributed by atoms with Gasteiger partial charge in [0, 0.05) is 5.92 Å². The van der Waals surface area contributed by atoms with E-state index in [-0.39, 0.29) is 12.8 Å². The van der Waals surface area contributed by atoms with E-state index in [1.807, 2.05) is 6.26 Å². The fourth-order valence-electron chi connectivity index (χ4n) is 4.27. The average molecular weight is 463 g/mol. The van der Waals surface area contributed by atoms with Gasteiger partial charge in [-0.05, 0) is 51.5 Å². The van der Waals surface area contributed by atoms with Crippen LogP contribution in [0.1, 0.15) is 33.6 Å². The van der Waals surface area contributed by atoms with Crippen LogP contribution in [0.25, 0.3) is 0 Å². The fourth-order valence-corrected chi connectivity index (χ4v) is 4.74. The van der Waals surface area contributed by atoms with Crippen LogP contribution in [0, 0.1) is 17.8 Å². The number of halogens is 1. The van der Waals surface area contributed by atoms with Crippen molar-refractivity contribution < 1.29 is 37.8 Å². The van der Waals surface area contributed by atoms with E-state index in [1.54, 1.807) is 20.8 Å². The monoisotopic (exact) mass is 462 g/mol. The van der Waals surface area contributed by atoms with Gasteiger partial charge in [0.1, 0.15) is 17.8 Å². The van der Waals surface area contributed by atoms with Crippen LogP contribution in [0.3, 0.4) is 0 Å². The Kier molecular flexibility index (Phi) is 7.83. The predicted octanol–water partition coefficient (Wildman–Crippen LogP) is 1.44. The number of alkyl carbamates (subject to hydrolysis) is 1. The molecular formula is C20H31FN2O7S. The van der Waals surface area contributed by atoms with Gasteiger partial charge in [-0.2, -0.15) is 11.8 Å². The number of carbonyl (C=O) groups excluding carboxylic acids is 4. The topological polar surface area (TPSA) is 120 Å². The highest BCUT2D eigenvalue weighted by molar-refractivity contribution is 7.98. The first kappa shape index (κ1) is 25.2. The molecule has 2 fully saturated rings. The van der Waals surface area contributed by atoms with Crippen LogP contribution in [-0.2, 0) is 28.6 Å². The summed E-state index contributed by atoms with van der Waals surface area (Å²) in [4.78, 5) is 50.0. The number of carbonyl (C=O) groups is 4. The predicted molar refractivity (Wildman–Crippen MR) is 111 cm³/mol. The third-order valence-electron chi connectivity index (χ3n) is 5.61. The second kappa shape index (κ2) is 9.62. The Balaban J connectivity index is 2.25. The third kappa shape index (κ3) is 5.24. The Morgan fingerprint density at radius 3 is 2.35 bits per heavy atom. The molecule has 2 amide bonds. The summed E-state index contributed by atoms with van der Waals surface area (Å²) in [6.07, 6.45) is -0.546. The number of hydrogen-bond acceptors (Lipinski definition) is 8. The Hall–Kier alpha value is -2.04. The first-order valence-corrected chi connectivity index (χ1v) is 11.4. The molecule has 2 rings (SSSR count). The molecule has 0 unspecified atom stereocenters. The summed E-state index contributed by atoms with van der Waals surface area (Å²) in [5.41, 5.74) is -2.79. The van der Waals surface area contributed by atoms with Gasteiger partial charge in [-0.15, -0.1) is 0 Å². The maximum atomic E-state index is 15.1. The van der Waals surface area contributed by atoms with Crippen LogP contribution in [-0.4, -0.2) is 73.5 Å². The molecule has 0 aromatic carbocycles. The summed E-state index contributed by atoms with van der Waals surface area (Å²) >= 11 is 1.46. The molecule has 0 bridgehead atoms. The van der Waals surface area contributed by atoms with Crippen molar-refractivity contribution in [3.63, 3.8) is 0 Å². The molecule has 0 spiro atoms. The van der Waals surface area contributed by atoms with E-state index >= 15 is 4.39 Å². The number of amides is 2. The lowest BCUT2D eigenvalue weighted by molar-refractivity contribution is -0.156. The van der Waals surface area contributed by atoms with E-state index in [9.17, 15) is 19.2 Å². The summed E-state index contributed by atoms with van der Waals surface area (Å²) in [7, 11) is 2.31. The summed E-state index contributed by atoms with van der Waals surface area (Å²) in [5, 5.41) is 4.99. The molecule has 176 valence electrons. The van der Waals surface area contributed by atoms with Crippen molar-refractivity contribution in [2.45, 2.75) is 57.0 Å². The molecule has 2 aliphatic carbocycles. The van der Waals surface area contributed by atoms with Gasteiger partial charge in [0.05, 0.1) is 20.1 Å². The molecule has 2 aliphatic rings. The van der Waals surface area contributed by atoms with Crippen molar-refractivity contribution in [3.05, 3.63) is 0 Å². The Bertz CT molecular complexity index is 729. The molecule has 2 N–H and O–H groups in total. The lowest BCUT2D eigenvalue weighted by Gasteiger charge is -2.34. The fraction of sp³-hybridized carbons (Fsp3) is 0.800. The van der Waals surface area contributed by atoms with Crippen LogP contribution in [0.5, 0.6) is 0 Å². The lowest BCUT2D eigenvalue weighted by atomic mass is 9.88. The zero-order valence-corrected chi connectivity index (χ0v) is 19.5. The molecule has 31 heavy (non-hydrogen) atoms. The van der Waals surface area contributed by atoms with Crippen molar-refractivity contribution in [2.24, 2.45) is 17.8 Å². The van der Waals surface area contributed by atoms with Gasteiger partial charge >= 0.3 is 18.0 Å². The molecule has 11 heteroatoms. The van der Waals surface area contributed by atoms with Crippen molar-refractivity contribution in [3.8, 4) is 0 Å². The first-order valence-electron chi connectivity index (χ1n) is 10.0. The van der Waals surface area contributed by atoms with E-state index < -0.39 is 65.0 Å². The number of hydrogen-bond donors (Lipinski definition) is 2. The highest BCUT2D eigenvalue weighted by atomic mass is 32.2. The molecule has 9 nitrogen and oxygen atoms in total. The normalized spacial score (nSPS) is 29.9. The largest absolute Gasteiger partial charge is 0.469 e.